The van der Waals surface area contributed by atoms with Gasteiger partial charge in [-0.2, -0.15) is 0 Å². The van der Waals surface area contributed by atoms with Gasteiger partial charge in [-0.25, -0.2) is 19.6 Å². The van der Waals surface area contributed by atoms with Gasteiger partial charge in [0.2, 0.25) is 0 Å². The van der Waals surface area contributed by atoms with Crippen LogP contribution in [0.15, 0.2) is 37.4 Å². The molecule has 1 amide bonds. The zero-order valence-corrected chi connectivity index (χ0v) is 23.8. The van der Waals surface area contributed by atoms with Gasteiger partial charge in [-0.05, 0) is 39.7 Å². The Morgan fingerprint density at radius 3 is 1.74 bits per heavy atom. The van der Waals surface area contributed by atoms with Gasteiger partial charge in [-0.15, -0.1) is 0 Å². The number of rotatable bonds is 12. The summed E-state index contributed by atoms with van der Waals surface area (Å²) in [4.78, 5) is 30.0. The topological polar surface area (TPSA) is 187 Å². The molecule has 0 aliphatic rings. The van der Waals surface area contributed by atoms with Gasteiger partial charge in [0.05, 0.1) is 6.10 Å². The zero-order valence-electron chi connectivity index (χ0n) is 23.8. The second-order valence-electron chi connectivity index (χ2n) is 8.11. The van der Waals surface area contributed by atoms with Gasteiger partial charge < -0.3 is 37.3 Å². The van der Waals surface area contributed by atoms with Gasteiger partial charge in [0.15, 0.2) is 0 Å². The number of carbonyl (C=O) groups excluding carboxylic acids is 2. The van der Waals surface area contributed by atoms with E-state index in [-0.39, 0.29) is 24.3 Å². The third kappa shape index (κ3) is 23.6. The van der Waals surface area contributed by atoms with Gasteiger partial charge in [0, 0.05) is 64.1 Å². The van der Waals surface area contributed by atoms with Crippen LogP contribution in [0.1, 0.15) is 53.9 Å². The Morgan fingerprint density at radius 2 is 1.37 bits per heavy atom. The predicted octanol–water partition coefficient (Wildman–Crippen LogP) is 1.38. The molecule has 0 saturated carbocycles. The van der Waals surface area contributed by atoms with Crippen molar-refractivity contribution >= 4 is 12.1 Å². The SMILES string of the molecule is CCC(C)O.CCC(C)OC(=O)NCCNCCN.CCCNCCN.O=C(n1ccnc1)n1ccnc1. The molecule has 2 atom stereocenters. The second-order valence-corrected chi connectivity index (χ2v) is 8.11. The Morgan fingerprint density at radius 1 is 0.868 bits per heavy atom. The summed E-state index contributed by atoms with van der Waals surface area (Å²) in [7, 11) is 0. The van der Waals surface area contributed by atoms with Gasteiger partial charge in [0.25, 0.3) is 0 Å². The molecule has 2 rings (SSSR count). The number of aromatic nitrogens is 4. The molecule has 0 saturated heterocycles. The van der Waals surface area contributed by atoms with Gasteiger partial charge in [0.1, 0.15) is 18.8 Å². The monoisotopic (exact) mass is 541 g/mol. The number of ether oxygens (including phenoxy) is 1. The van der Waals surface area contributed by atoms with Crippen LogP contribution in [0.2, 0.25) is 0 Å². The van der Waals surface area contributed by atoms with E-state index >= 15 is 0 Å². The number of nitrogens with two attached hydrogens (primary N) is 2. The first kappa shape index (κ1) is 37.3. The van der Waals surface area contributed by atoms with Crippen LogP contribution < -0.4 is 27.4 Å². The van der Waals surface area contributed by atoms with E-state index in [0.29, 0.717) is 19.6 Å². The van der Waals surface area contributed by atoms with Crippen molar-refractivity contribution in [2.24, 2.45) is 11.5 Å². The molecule has 0 spiro atoms. The Labute approximate surface area is 227 Å². The van der Waals surface area contributed by atoms with Crippen molar-refractivity contribution in [3.63, 3.8) is 0 Å². The Balaban J connectivity index is 0. The maximum absolute atomic E-state index is 11.4. The molecule has 220 valence electrons. The van der Waals surface area contributed by atoms with Gasteiger partial charge in [-0.1, -0.05) is 20.8 Å². The normalized spacial score (nSPS) is 11.4. The van der Waals surface area contributed by atoms with Crippen LogP contribution in [0, 0.1) is 0 Å². The molecule has 0 aromatic carbocycles. The Bertz CT molecular complexity index is 717. The molecular formula is C25H51N9O4. The molecule has 0 aliphatic carbocycles. The number of hydrogen-bond donors (Lipinski definition) is 6. The number of imidazole rings is 2. The Hall–Kier alpha value is -2.84. The summed E-state index contributed by atoms with van der Waals surface area (Å²) in [5, 5.41) is 17.2. The molecule has 13 heteroatoms. The Kier molecular flexibility index (Phi) is 26.7. The van der Waals surface area contributed by atoms with E-state index < -0.39 is 0 Å². The van der Waals surface area contributed by atoms with E-state index in [1.54, 1.807) is 31.7 Å². The number of nitrogens with zero attached hydrogens (tertiary/aromatic N) is 4. The maximum Gasteiger partial charge on any atom is 0.407 e. The van der Waals surface area contributed by atoms with E-state index in [4.69, 9.17) is 21.3 Å². The van der Waals surface area contributed by atoms with Crippen LogP contribution in [-0.2, 0) is 4.74 Å². The minimum atomic E-state index is -0.353. The average molecular weight is 542 g/mol. The van der Waals surface area contributed by atoms with Crippen LogP contribution in [-0.4, -0.2) is 94.4 Å². The predicted molar refractivity (Wildman–Crippen MR) is 151 cm³/mol. The number of carbonyl (C=O) groups is 2. The average Bonchev–Trinajstić information content (AvgIpc) is 3.65. The molecule has 0 fully saturated rings. The summed E-state index contributed by atoms with van der Waals surface area (Å²) in [5.74, 6) is 0. The fourth-order valence-electron chi connectivity index (χ4n) is 2.07. The molecular weight excluding hydrogens is 490 g/mol. The molecule has 0 radical (unpaired) electrons. The summed E-state index contributed by atoms with van der Waals surface area (Å²) in [6.07, 6.45) is 11.6. The number of aliphatic hydroxyl groups is 1. The number of alkyl carbamates (subject to hydrolysis) is 1. The summed E-state index contributed by atoms with van der Waals surface area (Å²) < 4.78 is 7.76. The fourth-order valence-corrected chi connectivity index (χ4v) is 2.07. The van der Waals surface area contributed by atoms with Crippen LogP contribution >= 0.6 is 0 Å². The molecule has 2 aromatic rings. The lowest BCUT2D eigenvalue weighted by Crippen LogP contribution is -2.35. The van der Waals surface area contributed by atoms with Gasteiger partial charge in [-0.3, -0.25) is 9.13 Å². The lowest BCUT2D eigenvalue weighted by molar-refractivity contribution is 0.105. The number of aliphatic hydroxyl groups excluding tert-OH is 1. The van der Waals surface area contributed by atoms with Crippen LogP contribution in [0.3, 0.4) is 0 Å². The van der Waals surface area contributed by atoms with E-state index in [1.165, 1.54) is 28.2 Å². The first-order valence-electron chi connectivity index (χ1n) is 13.2. The fraction of sp³-hybridized carbons (Fsp3) is 0.680. The summed E-state index contributed by atoms with van der Waals surface area (Å²) in [6, 6.07) is -0.190. The van der Waals surface area contributed by atoms with Gasteiger partial charge >= 0.3 is 12.1 Å². The molecule has 2 heterocycles. The minimum absolute atomic E-state index is 0.0213. The minimum Gasteiger partial charge on any atom is -0.447 e. The largest absolute Gasteiger partial charge is 0.447 e. The first-order chi connectivity index (χ1) is 18.3. The molecule has 8 N–H and O–H groups in total. The highest BCUT2D eigenvalue weighted by Gasteiger charge is 2.05. The van der Waals surface area contributed by atoms with Crippen molar-refractivity contribution in [1.82, 2.24) is 35.1 Å². The summed E-state index contributed by atoms with van der Waals surface area (Å²) in [5.41, 5.74) is 10.5. The molecule has 13 nitrogen and oxygen atoms in total. The highest BCUT2D eigenvalue weighted by Crippen LogP contribution is 1.95. The van der Waals surface area contributed by atoms with E-state index in [9.17, 15) is 9.59 Å². The van der Waals surface area contributed by atoms with Crippen molar-refractivity contribution in [2.45, 2.75) is 66.1 Å². The van der Waals surface area contributed by atoms with Crippen LogP contribution in [0.5, 0.6) is 0 Å². The van der Waals surface area contributed by atoms with Crippen molar-refractivity contribution in [3.8, 4) is 0 Å². The van der Waals surface area contributed by atoms with E-state index in [1.807, 2.05) is 20.8 Å². The smallest absolute Gasteiger partial charge is 0.407 e. The first-order valence-corrected chi connectivity index (χ1v) is 13.2. The quantitative estimate of drug-likeness (QED) is 0.214. The maximum atomic E-state index is 11.4. The number of hydrogen-bond acceptors (Lipinski definition) is 10. The molecule has 2 aromatic heterocycles. The van der Waals surface area contributed by atoms with Crippen LogP contribution in [0.25, 0.3) is 0 Å². The molecule has 0 bridgehead atoms. The van der Waals surface area contributed by atoms with Crippen molar-refractivity contribution < 1.29 is 19.4 Å². The summed E-state index contributed by atoms with van der Waals surface area (Å²) in [6.45, 7) is 15.2. The highest BCUT2D eigenvalue weighted by molar-refractivity contribution is 5.78. The highest BCUT2D eigenvalue weighted by atomic mass is 16.6. The third-order valence-corrected chi connectivity index (χ3v) is 4.56. The number of amides is 1. The standard InChI is InChI=1S/C9H21N3O2.C7H6N4O.C5H14N2.C4H10O/c1-3-8(2)14-9(13)12-7-6-11-5-4-10;12-7(10-3-1-8-5-10)11-4-2-9-6-11;1-2-4-7-5-3-6;1-3-4(2)5/h8,11H,3-7,10H2,1-2H3,(H,12,13);1-6H;7H,2-6H2,1H3;4-5H,3H2,1-2H3. The lowest BCUT2D eigenvalue weighted by Gasteiger charge is -2.11. The molecule has 0 aliphatic heterocycles. The third-order valence-electron chi connectivity index (χ3n) is 4.56. The van der Waals surface area contributed by atoms with Crippen LogP contribution in [0.4, 0.5) is 9.59 Å². The molecule has 38 heavy (non-hydrogen) atoms. The van der Waals surface area contributed by atoms with E-state index in [0.717, 1.165) is 39.0 Å². The van der Waals surface area contributed by atoms with Crippen molar-refractivity contribution in [1.29, 1.82) is 0 Å². The number of nitrogens with one attached hydrogen (secondary N) is 3. The summed E-state index contributed by atoms with van der Waals surface area (Å²) >= 11 is 0. The van der Waals surface area contributed by atoms with E-state index in [2.05, 4.69) is 32.8 Å². The zero-order chi connectivity index (χ0) is 29.0. The molecule has 2 unspecified atom stereocenters. The van der Waals surface area contributed by atoms with Crippen molar-refractivity contribution in [3.05, 3.63) is 37.4 Å². The second kappa shape index (κ2) is 27.2. The lowest BCUT2D eigenvalue weighted by atomic mass is 10.3. The van der Waals surface area contributed by atoms with Crippen molar-refractivity contribution in [2.75, 3.05) is 45.8 Å².